The molecule has 27 heavy (non-hydrogen) atoms. The van der Waals surface area contributed by atoms with Crippen LogP contribution in [0.4, 0.5) is 5.69 Å². The molecule has 0 fully saturated rings. The van der Waals surface area contributed by atoms with Crippen molar-refractivity contribution in [3.05, 3.63) is 78.1 Å². The summed E-state index contributed by atoms with van der Waals surface area (Å²) < 4.78 is 10.9. The van der Waals surface area contributed by atoms with Gasteiger partial charge in [0, 0.05) is 16.8 Å². The Hall–Kier alpha value is -4.18. The van der Waals surface area contributed by atoms with Crippen LogP contribution in [0.2, 0.25) is 0 Å². The number of nitrogens with one attached hydrogen (secondary N) is 1. The molecule has 0 saturated heterocycles. The van der Waals surface area contributed by atoms with Crippen LogP contribution in [0.3, 0.4) is 0 Å². The molecule has 7 nitrogen and oxygen atoms in total. The quantitative estimate of drug-likeness (QED) is 0.590. The zero-order valence-corrected chi connectivity index (χ0v) is 13.9. The molecule has 130 valence electrons. The van der Waals surface area contributed by atoms with Crippen molar-refractivity contribution in [3.8, 4) is 29.2 Å². The minimum atomic E-state index is -0.314. The Balaban J connectivity index is 1.56. The van der Waals surface area contributed by atoms with Gasteiger partial charge in [-0.2, -0.15) is 5.26 Å². The Morgan fingerprint density at radius 2 is 1.85 bits per heavy atom. The first-order chi connectivity index (χ1) is 13.2. The summed E-state index contributed by atoms with van der Waals surface area (Å²) in [4.78, 5) is 12.4. The first-order valence-corrected chi connectivity index (χ1v) is 8.02. The van der Waals surface area contributed by atoms with Crippen molar-refractivity contribution >= 4 is 11.6 Å². The van der Waals surface area contributed by atoms with E-state index in [9.17, 15) is 4.79 Å². The molecule has 0 bridgehead atoms. The lowest BCUT2D eigenvalue weighted by Gasteiger charge is -2.06. The van der Waals surface area contributed by atoms with Crippen LogP contribution in [0.5, 0.6) is 0 Å². The molecule has 0 aliphatic rings. The molecule has 0 saturated carbocycles. The lowest BCUT2D eigenvalue weighted by Crippen LogP contribution is -2.11. The van der Waals surface area contributed by atoms with Crippen LogP contribution >= 0.6 is 0 Å². The third kappa shape index (κ3) is 3.45. The Labute approximate surface area is 153 Å². The number of nitrogens with zero attached hydrogens (tertiary/aromatic N) is 3. The number of amides is 1. The lowest BCUT2D eigenvalue weighted by molar-refractivity contribution is 0.102. The smallest absolute Gasteiger partial charge is 0.283 e. The van der Waals surface area contributed by atoms with Gasteiger partial charge < -0.3 is 14.2 Å². The van der Waals surface area contributed by atoms with E-state index in [-0.39, 0.29) is 11.8 Å². The Morgan fingerprint density at radius 3 is 2.67 bits per heavy atom. The SMILES string of the molecule is N#Cc1cccc(C(=O)Nc2cccc(-c3nnc(-c4ccco4)o3)c2)c1. The summed E-state index contributed by atoms with van der Waals surface area (Å²) in [5.41, 5.74) is 2.05. The molecule has 0 radical (unpaired) electrons. The number of aromatic nitrogens is 2. The van der Waals surface area contributed by atoms with Gasteiger partial charge in [0.25, 0.3) is 11.8 Å². The number of furan rings is 1. The highest BCUT2D eigenvalue weighted by Crippen LogP contribution is 2.26. The molecule has 4 rings (SSSR count). The number of carbonyl (C=O) groups is 1. The van der Waals surface area contributed by atoms with Gasteiger partial charge in [-0.3, -0.25) is 4.79 Å². The second kappa shape index (κ2) is 6.98. The monoisotopic (exact) mass is 356 g/mol. The number of hydrogen-bond donors (Lipinski definition) is 1. The van der Waals surface area contributed by atoms with Gasteiger partial charge in [-0.05, 0) is 48.5 Å². The van der Waals surface area contributed by atoms with Crippen molar-refractivity contribution in [1.82, 2.24) is 10.2 Å². The summed E-state index contributed by atoms with van der Waals surface area (Å²) in [5.74, 6) is 0.753. The molecule has 0 atom stereocenters. The van der Waals surface area contributed by atoms with Crippen molar-refractivity contribution in [2.75, 3.05) is 5.32 Å². The van der Waals surface area contributed by atoms with E-state index in [0.29, 0.717) is 34.0 Å². The molecular formula is C20H12N4O3. The van der Waals surface area contributed by atoms with Gasteiger partial charge >= 0.3 is 0 Å². The van der Waals surface area contributed by atoms with Gasteiger partial charge in [0.1, 0.15) is 0 Å². The summed E-state index contributed by atoms with van der Waals surface area (Å²) >= 11 is 0. The largest absolute Gasteiger partial charge is 0.459 e. The van der Waals surface area contributed by atoms with E-state index in [1.165, 1.54) is 12.3 Å². The molecule has 0 unspecified atom stereocenters. The number of anilines is 1. The van der Waals surface area contributed by atoms with Crippen molar-refractivity contribution in [2.45, 2.75) is 0 Å². The highest BCUT2D eigenvalue weighted by atomic mass is 16.4. The second-order valence-electron chi connectivity index (χ2n) is 5.62. The second-order valence-corrected chi connectivity index (χ2v) is 5.62. The fourth-order valence-corrected chi connectivity index (χ4v) is 2.50. The van der Waals surface area contributed by atoms with Crippen molar-refractivity contribution in [1.29, 1.82) is 5.26 Å². The zero-order chi connectivity index (χ0) is 18.6. The summed E-state index contributed by atoms with van der Waals surface area (Å²) in [6, 6.07) is 19.0. The molecule has 1 amide bonds. The molecule has 0 aliphatic heterocycles. The van der Waals surface area contributed by atoms with E-state index in [2.05, 4.69) is 15.5 Å². The average molecular weight is 356 g/mol. The van der Waals surface area contributed by atoms with Crippen LogP contribution in [0.25, 0.3) is 23.1 Å². The van der Waals surface area contributed by atoms with Crippen molar-refractivity contribution < 1.29 is 13.6 Å². The Morgan fingerprint density at radius 1 is 1.00 bits per heavy atom. The number of hydrogen-bond acceptors (Lipinski definition) is 6. The van der Waals surface area contributed by atoms with E-state index in [1.54, 1.807) is 54.6 Å². The first-order valence-electron chi connectivity index (χ1n) is 8.02. The summed E-state index contributed by atoms with van der Waals surface area (Å²) in [7, 11) is 0. The molecule has 4 aromatic rings. The van der Waals surface area contributed by atoms with Gasteiger partial charge in [-0.15, -0.1) is 10.2 Å². The van der Waals surface area contributed by atoms with Crippen molar-refractivity contribution in [3.63, 3.8) is 0 Å². The maximum Gasteiger partial charge on any atom is 0.283 e. The van der Waals surface area contributed by atoms with Gasteiger partial charge in [0.05, 0.1) is 17.9 Å². The van der Waals surface area contributed by atoms with E-state index < -0.39 is 0 Å². The Bertz CT molecular complexity index is 1140. The molecule has 0 spiro atoms. The zero-order valence-electron chi connectivity index (χ0n) is 13.9. The average Bonchev–Trinajstić information content (AvgIpc) is 3.40. The third-order valence-electron chi connectivity index (χ3n) is 3.78. The predicted octanol–water partition coefficient (Wildman–Crippen LogP) is 4.12. The fourth-order valence-electron chi connectivity index (χ4n) is 2.50. The number of benzene rings is 2. The van der Waals surface area contributed by atoms with Crippen LogP contribution < -0.4 is 5.32 Å². The van der Waals surface area contributed by atoms with Gasteiger partial charge in [-0.1, -0.05) is 12.1 Å². The summed E-state index contributed by atoms with van der Waals surface area (Å²) in [6.07, 6.45) is 1.52. The maximum absolute atomic E-state index is 12.4. The van der Waals surface area contributed by atoms with Gasteiger partial charge in [0.2, 0.25) is 5.89 Å². The lowest BCUT2D eigenvalue weighted by atomic mass is 10.1. The number of rotatable bonds is 4. The number of carbonyl (C=O) groups excluding carboxylic acids is 1. The molecule has 2 aromatic heterocycles. The molecule has 7 heteroatoms. The highest BCUT2D eigenvalue weighted by molar-refractivity contribution is 6.04. The van der Waals surface area contributed by atoms with E-state index >= 15 is 0 Å². The summed E-state index contributed by atoms with van der Waals surface area (Å²) in [5, 5.41) is 19.7. The molecule has 1 N–H and O–H groups in total. The van der Waals surface area contributed by atoms with Crippen LogP contribution in [0, 0.1) is 11.3 Å². The molecule has 2 aromatic carbocycles. The topological polar surface area (TPSA) is 105 Å². The minimum Gasteiger partial charge on any atom is -0.459 e. The van der Waals surface area contributed by atoms with Gasteiger partial charge in [-0.25, -0.2) is 0 Å². The van der Waals surface area contributed by atoms with Crippen LogP contribution in [0.1, 0.15) is 15.9 Å². The predicted molar refractivity (Wildman–Crippen MR) is 96.5 cm³/mol. The standard InChI is InChI=1S/C20H12N4O3/c21-12-13-4-1-5-14(10-13)18(25)22-16-7-2-6-15(11-16)19-23-24-20(27-19)17-8-3-9-26-17/h1-11H,(H,22,25). The first kappa shape index (κ1) is 16.3. The molecule has 2 heterocycles. The fraction of sp³-hybridized carbons (Fsp3) is 0. The van der Waals surface area contributed by atoms with Gasteiger partial charge in [0.15, 0.2) is 5.76 Å². The normalized spacial score (nSPS) is 10.3. The Kier molecular flexibility index (Phi) is 4.21. The minimum absolute atomic E-state index is 0.276. The maximum atomic E-state index is 12.4. The van der Waals surface area contributed by atoms with Crippen LogP contribution in [-0.2, 0) is 0 Å². The number of nitriles is 1. The third-order valence-corrected chi connectivity index (χ3v) is 3.78. The van der Waals surface area contributed by atoms with E-state index in [0.717, 1.165) is 0 Å². The van der Waals surface area contributed by atoms with E-state index in [1.807, 2.05) is 6.07 Å². The highest BCUT2D eigenvalue weighted by Gasteiger charge is 2.13. The van der Waals surface area contributed by atoms with E-state index in [4.69, 9.17) is 14.1 Å². The van der Waals surface area contributed by atoms with Crippen LogP contribution in [-0.4, -0.2) is 16.1 Å². The molecule has 0 aliphatic carbocycles. The molecular weight excluding hydrogens is 344 g/mol. The van der Waals surface area contributed by atoms with Crippen LogP contribution in [0.15, 0.2) is 75.8 Å². The van der Waals surface area contributed by atoms with Crippen molar-refractivity contribution in [2.24, 2.45) is 0 Å². The summed E-state index contributed by atoms with van der Waals surface area (Å²) in [6.45, 7) is 0.